The Morgan fingerprint density at radius 3 is 2.46 bits per heavy atom. The van der Waals surface area contributed by atoms with Crippen molar-refractivity contribution < 1.29 is 31.6 Å². The van der Waals surface area contributed by atoms with Gasteiger partial charge in [-0.3, -0.25) is 8.98 Å². The molecule has 0 unspecified atom stereocenters. The van der Waals surface area contributed by atoms with E-state index in [4.69, 9.17) is 23.9 Å². The molecule has 1 aliphatic rings. The standard InChI is InChI=1S/C16H22N4O7S/c1-24-14-12(19-15(21)10-7-5-4-6-8-10)16(25-2)26-11(9-18-20-17)13(14)27-28(3,22)23/h4-8,11-14,16H,9H2,1-3H3,(H,19,21)/t11-,12-,13+,14+,16-/m1/s1. The van der Waals surface area contributed by atoms with Crippen molar-refractivity contribution in [3.63, 3.8) is 0 Å². The number of rotatable bonds is 8. The first-order valence-electron chi connectivity index (χ1n) is 8.26. The van der Waals surface area contributed by atoms with Crippen LogP contribution in [0.4, 0.5) is 0 Å². The molecule has 1 saturated heterocycles. The lowest BCUT2D eigenvalue weighted by Gasteiger charge is -2.44. The summed E-state index contributed by atoms with van der Waals surface area (Å²) < 4.78 is 45.0. The molecule has 1 fully saturated rings. The van der Waals surface area contributed by atoms with Crippen molar-refractivity contribution in [1.29, 1.82) is 0 Å². The van der Waals surface area contributed by atoms with Crippen molar-refractivity contribution in [3.05, 3.63) is 46.3 Å². The summed E-state index contributed by atoms with van der Waals surface area (Å²) in [5.41, 5.74) is 8.98. The van der Waals surface area contributed by atoms with Crippen LogP contribution in [0.2, 0.25) is 0 Å². The molecule has 1 N–H and O–H groups in total. The monoisotopic (exact) mass is 414 g/mol. The first kappa shape index (κ1) is 22.1. The number of benzene rings is 1. The number of carbonyl (C=O) groups is 1. The molecule has 5 atom stereocenters. The molecule has 0 bridgehead atoms. The van der Waals surface area contributed by atoms with E-state index in [0.717, 1.165) is 6.26 Å². The van der Waals surface area contributed by atoms with Crippen molar-refractivity contribution in [2.45, 2.75) is 30.6 Å². The van der Waals surface area contributed by atoms with Gasteiger partial charge in [0.25, 0.3) is 16.0 Å². The van der Waals surface area contributed by atoms with E-state index in [0.29, 0.717) is 5.56 Å². The van der Waals surface area contributed by atoms with Gasteiger partial charge in [-0.1, -0.05) is 23.3 Å². The van der Waals surface area contributed by atoms with Crippen LogP contribution in [-0.4, -0.2) is 72.0 Å². The topological polar surface area (TPSA) is 149 Å². The minimum Gasteiger partial charge on any atom is -0.376 e. The van der Waals surface area contributed by atoms with E-state index < -0.39 is 46.7 Å². The lowest BCUT2D eigenvalue weighted by molar-refractivity contribution is -0.251. The third-order valence-corrected chi connectivity index (χ3v) is 4.67. The van der Waals surface area contributed by atoms with Crippen LogP contribution in [0.25, 0.3) is 10.4 Å². The summed E-state index contributed by atoms with van der Waals surface area (Å²) in [6.45, 7) is -0.213. The summed E-state index contributed by atoms with van der Waals surface area (Å²) in [7, 11) is -1.20. The van der Waals surface area contributed by atoms with E-state index >= 15 is 0 Å². The molecule has 154 valence electrons. The highest BCUT2D eigenvalue weighted by Crippen LogP contribution is 2.28. The first-order valence-corrected chi connectivity index (χ1v) is 10.1. The SMILES string of the molecule is CO[C@@H]1O[C@H](CN=[N+]=[N-])[C@H](OS(C)(=O)=O)[C@@H](OC)[C@H]1NC(=O)c1ccccc1. The number of hydrogen-bond donors (Lipinski definition) is 1. The van der Waals surface area contributed by atoms with Crippen LogP contribution in [-0.2, 0) is 28.5 Å². The van der Waals surface area contributed by atoms with Gasteiger partial charge in [0.05, 0.1) is 18.9 Å². The molecule has 0 aliphatic carbocycles. The number of carbonyl (C=O) groups excluding carboxylic acids is 1. The van der Waals surface area contributed by atoms with Crippen LogP contribution in [0, 0.1) is 0 Å². The fraction of sp³-hybridized carbons (Fsp3) is 0.562. The third kappa shape index (κ3) is 5.64. The number of nitrogens with zero attached hydrogens (tertiary/aromatic N) is 3. The molecule has 0 saturated carbocycles. The molecule has 0 spiro atoms. The Balaban J connectivity index is 2.33. The fourth-order valence-corrected chi connectivity index (χ4v) is 3.58. The van der Waals surface area contributed by atoms with Gasteiger partial charge in [-0.15, -0.1) is 0 Å². The van der Waals surface area contributed by atoms with Gasteiger partial charge in [0.1, 0.15) is 18.2 Å². The van der Waals surface area contributed by atoms with Gasteiger partial charge >= 0.3 is 0 Å². The second-order valence-electron chi connectivity index (χ2n) is 6.02. The highest BCUT2D eigenvalue weighted by Gasteiger charge is 2.49. The first-order chi connectivity index (χ1) is 13.3. The average Bonchev–Trinajstić information content (AvgIpc) is 2.67. The van der Waals surface area contributed by atoms with Crippen LogP contribution in [0.3, 0.4) is 0 Å². The summed E-state index contributed by atoms with van der Waals surface area (Å²) in [5, 5.41) is 6.17. The Bertz CT molecular complexity index is 814. The molecule has 0 radical (unpaired) electrons. The molecular formula is C16H22N4O7S. The molecule has 1 aliphatic heterocycles. The highest BCUT2D eigenvalue weighted by atomic mass is 32.2. The second-order valence-corrected chi connectivity index (χ2v) is 7.62. The Morgan fingerprint density at radius 1 is 1.25 bits per heavy atom. The summed E-state index contributed by atoms with van der Waals surface area (Å²) in [6, 6.07) is 7.54. The highest BCUT2D eigenvalue weighted by molar-refractivity contribution is 7.86. The average molecular weight is 414 g/mol. The van der Waals surface area contributed by atoms with E-state index in [1.165, 1.54) is 14.2 Å². The van der Waals surface area contributed by atoms with Gasteiger partial charge in [0, 0.05) is 24.7 Å². The second kappa shape index (κ2) is 9.82. The van der Waals surface area contributed by atoms with E-state index in [1.54, 1.807) is 30.3 Å². The Hall–Kier alpha value is -2.21. The molecule has 12 heteroatoms. The lowest BCUT2D eigenvalue weighted by atomic mass is 9.96. The van der Waals surface area contributed by atoms with Crippen LogP contribution in [0.1, 0.15) is 10.4 Å². The Kier molecular flexibility index (Phi) is 7.75. The molecule has 0 aromatic heterocycles. The molecule has 1 heterocycles. The van der Waals surface area contributed by atoms with Gasteiger partial charge in [-0.25, -0.2) is 0 Å². The number of methoxy groups -OCH3 is 2. The smallest absolute Gasteiger partial charge is 0.264 e. The maximum absolute atomic E-state index is 12.6. The summed E-state index contributed by atoms with van der Waals surface area (Å²) >= 11 is 0. The minimum absolute atomic E-state index is 0.213. The number of hydrogen-bond acceptors (Lipinski definition) is 8. The maximum Gasteiger partial charge on any atom is 0.264 e. The summed E-state index contributed by atoms with van der Waals surface area (Å²) in [5.74, 6) is -0.426. The molecule has 1 aromatic carbocycles. The van der Waals surface area contributed by atoms with Crippen LogP contribution in [0.5, 0.6) is 0 Å². The summed E-state index contributed by atoms with van der Waals surface area (Å²) in [6.07, 6.45) is -3.20. The van der Waals surface area contributed by atoms with Crippen molar-refractivity contribution in [2.24, 2.45) is 5.11 Å². The van der Waals surface area contributed by atoms with Gasteiger partial charge in [0.15, 0.2) is 6.29 Å². The Morgan fingerprint density at radius 2 is 1.93 bits per heavy atom. The van der Waals surface area contributed by atoms with Gasteiger partial charge < -0.3 is 19.5 Å². The maximum atomic E-state index is 12.6. The minimum atomic E-state index is -3.90. The quantitative estimate of drug-likeness (QED) is 0.286. The van der Waals surface area contributed by atoms with Crippen molar-refractivity contribution >= 4 is 16.0 Å². The number of azide groups is 1. The number of nitrogens with one attached hydrogen (secondary N) is 1. The third-order valence-electron chi connectivity index (χ3n) is 4.10. The molecule has 1 aromatic rings. The van der Waals surface area contributed by atoms with Crippen LogP contribution >= 0.6 is 0 Å². The number of amides is 1. The van der Waals surface area contributed by atoms with Crippen molar-refractivity contribution in [1.82, 2.24) is 5.32 Å². The predicted octanol–water partition coefficient (Wildman–Crippen LogP) is 0.826. The lowest BCUT2D eigenvalue weighted by Crippen LogP contribution is -2.65. The van der Waals surface area contributed by atoms with Crippen molar-refractivity contribution in [2.75, 3.05) is 27.0 Å². The van der Waals surface area contributed by atoms with Gasteiger partial charge in [-0.2, -0.15) is 8.42 Å². The predicted molar refractivity (Wildman–Crippen MR) is 97.9 cm³/mol. The normalized spacial score (nSPS) is 27.6. The molecule has 28 heavy (non-hydrogen) atoms. The van der Waals surface area contributed by atoms with Crippen molar-refractivity contribution in [3.8, 4) is 0 Å². The largest absolute Gasteiger partial charge is 0.376 e. The zero-order valence-corrected chi connectivity index (χ0v) is 16.4. The van der Waals surface area contributed by atoms with E-state index in [-0.39, 0.29) is 6.54 Å². The van der Waals surface area contributed by atoms with E-state index in [9.17, 15) is 13.2 Å². The van der Waals surface area contributed by atoms with E-state index in [1.807, 2.05) is 0 Å². The molecule has 11 nitrogen and oxygen atoms in total. The van der Waals surface area contributed by atoms with E-state index in [2.05, 4.69) is 15.3 Å². The Labute approximate surface area is 162 Å². The zero-order chi connectivity index (χ0) is 20.7. The summed E-state index contributed by atoms with van der Waals surface area (Å²) in [4.78, 5) is 15.2. The zero-order valence-electron chi connectivity index (χ0n) is 15.6. The van der Waals surface area contributed by atoms with Crippen LogP contribution < -0.4 is 5.32 Å². The van der Waals surface area contributed by atoms with Gasteiger partial charge in [0.2, 0.25) is 0 Å². The van der Waals surface area contributed by atoms with Crippen LogP contribution in [0.15, 0.2) is 35.4 Å². The molecular weight excluding hydrogens is 392 g/mol. The fourth-order valence-electron chi connectivity index (χ4n) is 2.94. The molecule has 1 amide bonds. The number of ether oxygens (including phenoxy) is 3. The molecule has 2 rings (SSSR count). The van der Waals surface area contributed by atoms with Gasteiger partial charge in [-0.05, 0) is 17.7 Å².